The van der Waals surface area contributed by atoms with Crippen LogP contribution in [-0.4, -0.2) is 30.1 Å². The summed E-state index contributed by atoms with van der Waals surface area (Å²) in [6.07, 6.45) is 3.79. The molecule has 1 fully saturated rings. The van der Waals surface area contributed by atoms with E-state index in [4.69, 9.17) is 0 Å². The standard InChI is InChI=1S/C17H22N4/c1-3-15-16(18-2)19-12-20-17(15)21-10-9-14(11-21)13-7-5-4-6-8-13/h4-8,12,14H,3,9-11H2,1-2H3,(H,18,19,20). The smallest absolute Gasteiger partial charge is 0.137 e. The van der Waals surface area contributed by atoms with Crippen molar-refractivity contribution in [3.05, 3.63) is 47.8 Å². The van der Waals surface area contributed by atoms with Gasteiger partial charge in [-0.25, -0.2) is 9.97 Å². The van der Waals surface area contributed by atoms with Gasteiger partial charge in [-0.3, -0.25) is 0 Å². The van der Waals surface area contributed by atoms with Crippen molar-refractivity contribution in [1.29, 1.82) is 0 Å². The minimum Gasteiger partial charge on any atom is -0.373 e. The Morgan fingerprint density at radius 2 is 2.05 bits per heavy atom. The summed E-state index contributed by atoms with van der Waals surface area (Å²) in [7, 11) is 1.92. The van der Waals surface area contributed by atoms with Gasteiger partial charge in [-0.05, 0) is 18.4 Å². The van der Waals surface area contributed by atoms with E-state index >= 15 is 0 Å². The SMILES string of the molecule is CCc1c(NC)ncnc1N1CCC(c2ccccc2)C1. The van der Waals surface area contributed by atoms with Gasteiger partial charge < -0.3 is 10.2 Å². The molecule has 1 aromatic carbocycles. The minimum atomic E-state index is 0.601. The highest BCUT2D eigenvalue weighted by molar-refractivity contribution is 5.59. The Kier molecular flexibility index (Phi) is 4.04. The van der Waals surface area contributed by atoms with Gasteiger partial charge in [0.2, 0.25) is 0 Å². The Bertz CT molecular complexity index is 597. The highest BCUT2D eigenvalue weighted by Gasteiger charge is 2.26. The van der Waals surface area contributed by atoms with Gasteiger partial charge in [0.25, 0.3) is 0 Å². The topological polar surface area (TPSA) is 41.1 Å². The lowest BCUT2D eigenvalue weighted by Crippen LogP contribution is -2.22. The van der Waals surface area contributed by atoms with E-state index in [1.165, 1.54) is 17.5 Å². The van der Waals surface area contributed by atoms with Gasteiger partial charge >= 0.3 is 0 Å². The summed E-state index contributed by atoms with van der Waals surface area (Å²) in [6.45, 7) is 4.26. The van der Waals surface area contributed by atoms with Gasteiger partial charge in [0, 0.05) is 31.6 Å². The Labute approximate surface area is 126 Å². The summed E-state index contributed by atoms with van der Waals surface area (Å²) in [5.41, 5.74) is 2.65. The Morgan fingerprint density at radius 3 is 2.76 bits per heavy atom. The summed E-state index contributed by atoms with van der Waals surface area (Å²) < 4.78 is 0. The zero-order valence-electron chi connectivity index (χ0n) is 12.7. The van der Waals surface area contributed by atoms with Crippen LogP contribution in [0.25, 0.3) is 0 Å². The Balaban J connectivity index is 1.83. The molecule has 0 spiro atoms. The molecule has 1 aromatic heterocycles. The van der Waals surface area contributed by atoms with E-state index in [1.54, 1.807) is 6.33 Å². The molecule has 21 heavy (non-hydrogen) atoms. The zero-order valence-corrected chi connectivity index (χ0v) is 12.7. The van der Waals surface area contributed by atoms with Crippen molar-refractivity contribution in [2.75, 3.05) is 30.4 Å². The molecule has 4 heteroatoms. The van der Waals surface area contributed by atoms with Crippen molar-refractivity contribution < 1.29 is 0 Å². The summed E-state index contributed by atoms with van der Waals surface area (Å²) in [4.78, 5) is 11.3. The van der Waals surface area contributed by atoms with Crippen LogP contribution in [0.2, 0.25) is 0 Å². The van der Waals surface area contributed by atoms with Crippen LogP contribution in [0.5, 0.6) is 0 Å². The number of benzene rings is 1. The first-order valence-corrected chi connectivity index (χ1v) is 7.65. The Morgan fingerprint density at radius 1 is 1.24 bits per heavy atom. The number of anilines is 2. The van der Waals surface area contributed by atoms with E-state index in [9.17, 15) is 0 Å². The van der Waals surface area contributed by atoms with Crippen LogP contribution in [0.3, 0.4) is 0 Å². The van der Waals surface area contributed by atoms with E-state index in [0.717, 1.165) is 31.1 Å². The second-order valence-corrected chi connectivity index (χ2v) is 5.47. The molecule has 1 atom stereocenters. The summed E-state index contributed by atoms with van der Waals surface area (Å²) in [5, 5.41) is 3.18. The molecule has 1 N–H and O–H groups in total. The van der Waals surface area contributed by atoms with Crippen molar-refractivity contribution >= 4 is 11.6 Å². The number of hydrogen-bond donors (Lipinski definition) is 1. The lowest BCUT2D eigenvalue weighted by molar-refractivity contribution is 0.773. The number of nitrogens with one attached hydrogen (secondary N) is 1. The van der Waals surface area contributed by atoms with Crippen molar-refractivity contribution in [1.82, 2.24) is 9.97 Å². The molecule has 0 saturated carbocycles. The van der Waals surface area contributed by atoms with E-state index in [2.05, 4.69) is 57.4 Å². The second kappa shape index (κ2) is 6.12. The van der Waals surface area contributed by atoms with Crippen LogP contribution in [0, 0.1) is 0 Å². The summed E-state index contributed by atoms with van der Waals surface area (Å²) in [5.74, 6) is 2.64. The first-order chi connectivity index (χ1) is 10.3. The predicted molar refractivity (Wildman–Crippen MR) is 87.0 cm³/mol. The Hall–Kier alpha value is -2.10. The fourth-order valence-corrected chi connectivity index (χ4v) is 3.17. The van der Waals surface area contributed by atoms with Gasteiger partial charge in [0.1, 0.15) is 18.0 Å². The third kappa shape index (κ3) is 2.71. The maximum atomic E-state index is 4.54. The number of rotatable bonds is 4. The van der Waals surface area contributed by atoms with Gasteiger partial charge in [0.15, 0.2) is 0 Å². The third-order valence-corrected chi connectivity index (χ3v) is 4.27. The van der Waals surface area contributed by atoms with Crippen LogP contribution >= 0.6 is 0 Å². The molecule has 4 nitrogen and oxygen atoms in total. The van der Waals surface area contributed by atoms with Gasteiger partial charge in [-0.15, -0.1) is 0 Å². The molecule has 0 amide bonds. The monoisotopic (exact) mass is 282 g/mol. The summed E-state index contributed by atoms with van der Waals surface area (Å²) >= 11 is 0. The molecular formula is C17H22N4. The predicted octanol–water partition coefficient (Wildman–Crippen LogP) is 3.07. The molecule has 1 saturated heterocycles. The van der Waals surface area contributed by atoms with E-state index in [-0.39, 0.29) is 0 Å². The normalized spacial score (nSPS) is 18.0. The van der Waals surface area contributed by atoms with Crippen LogP contribution in [0.4, 0.5) is 11.6 Å². The van der Waals surface area contributed by atoms with Crippen LogP contribution in [-0.2, 0) is 6.42 Å². The van der Waals surface area contributed by atoms with E-state index in [0.29, 0.717) is 5.92 Å². The van der Waals surface area contributed by atoms with Crippen LogP contribution in [0.1, 0.15) is 30.4 Å². The van der Waals surface area contributed by atoms with Crippen LogP contribution < -0.4 is 10.2 Å². The number of aromatic nitrogens is 2. The first-order valence-electron chi connectivity index (χ1n) is 7.65. The molecule has 1 unspecified atom stereocenters. The fraction of sp³-hybridized carbons (Fsp3) is 0.412. The molecule has 110 valence electrons. The van der Waals surface area contributed by atoms with E-state index < -0.39 is 0 Å². The average Bonchev–Trinajstić information content (AvgIpc) is 3.04. The second-order valence-electron chi connectivity index (χ2n) is 5.47. The van der Waals surface area contributed by atoms with Crippen LogP contribution in [0.15, 0.2) is 36.7 Å². The molecule has 1 aliphatic rings. The lowest BCUT2D eigenvalue weighted by Gasteiger charge is -2.21. The van der Waals surface area contributed by atoms with Crippen molar-refractivity contribution in [3.8, 4) is 0 Å². The maximum Gasteiger partial charge on any atom is 0.137 e. The molecule has 3 rings (SSSR count). The van der Waals surface area contributed by atoms with Gasteiger partial charge in [-0.1, -0.05) is 37.3 Å². The average molecular weight is 282 g/mol. The van der Waals surface area contributed by atoms with Crippen molar-refractivity contribution in [2.24, 2.45) is 0 Å². The largest absolute Gasteiger partial charge is 0.373 e. The molecule has 0 bridgehead atoms. The highest BCUT2D eigenvalue weighted by Crippen LogP contribution is 2.32. The lowest BCUT2D eigenvalue weighted by atomic mass is 9.99. The molecule has 0 aliphatic carbocycles. The fourth-order valence-electron chi connectivity index (χ4n) is 3.17. The highest BCUT2D eigenvalue weighted by atomic mass is 15.2. The zero-order chi connectivity index (χ0) is 14.7. The number of hydrogen-bond acceptors (Lipinski definition) is 4. The quantitative estimate of drug-likeness (QED) is 0.935. The summed E-state index contributed by atoms with van der Waals surface area (Å²) in [6, 6.07) is 10.8. The van der Waals surface area contributed by atoms with Gasteiger partial charge in [-0.2, -0.15) is 0 Å². The third-order valence-electron chi connectivity index (χ3n) is 4.27. The molecule has 0 radical (unpaired) electrons. The van der Waals surface area contributed by atoms with Crippen molar-refractivity contribution in [2.45, 2.75) is 25.7 Å². The van der Waals surface area contributed by atoms with E-state index in [1.807, 2.05) is 7.05 Å². The maximum absolute atomic E-state index is 4.54. The molecular weight excluding hydrogens is 260 g/mol. The first kappa shape index (κ1) is 13.9. The molecule has 1 aliphatic heterocycles. The molecule has 2 heterocycles. The van der Waals surface area contributed by atoms with Crippen molar-refractivity contribution in [3.63, 3.8) is 0 Å². The molecule has 2 aromatic rings. The number of nitrogens with zero attached hydrogens (tertiary/aromatic N) is 3. The van der Waals surface area contributed by atoms with Gasteiger partial charge in [0.05, 0.1) is 0 Å². The minimum absolute atomic E-state index is 0.601.